The first-order valence-corrected chi connectivity index (χ1v) is 3.38. The first-order valence-electron chi connectivity index (χ1n) is 2.40. The van der Waals surface area contributed by atoms with E-state index >= 15 is 0 Å². The molecule has 0 bridgehead atoms. The van der Waals surface area contributed by atoms with Crippen LogP contribution in [0.1, 0.15) is 6.92 Å². The molecule has 3 amide bonds. The second-order valence-corrected chi connectivity index (χ2v) is 2.45. The highest BCUT2D eigenvalue weighted by Gasteiger charge is 2.00. The van der Waals surface area contributed by atoms with Crippen molar-refractivity contribution < 1.29 is 9.59 Å². The van der Waals surface area contributed by atoms with Gasteiger partial charge in [-0.05, 0) is 5.75 Å². The molecule has 5 heteroatoms. The molecule has 0 saturated carbocycles. The molecule has 0 heterocycles. The molecule has 0 aromatic rings. The Balaban J connectivity index is 3.39. The second-order valence-electron chi connectivity index (χ2n) is 1.21. The van der Waals surface area contributed by atoms with E-state index in [9.17, 15) is 9.59 Å². The molecule has 0 spiro atoms. The van der Waals surface area contributed by atoms with Crippen molar-refractivity contribution in [2.24, 2.45) is 5.73 Å². The molecule has 0 aliphatic rings. The number of primary amides is 1. The molecule has 4 nitrogen and oxygen atoms in total. The average molecular weight is 148 g/mol. The van der Waals surface area contributed by atoms with Crippen molar-refractivity contribution in [1.29, 1.82) is 0 Å². The standard InChI is InChI=1S/C4H8N2O2S/c1-2-9-4(8)6-3(5)7/h2H2,1H3,(H3,5,6,7,8). The summed E-state index contributed by atoms with van der Waals surface area (Å²) in [7, 11) is 0. The van der Waals surface area contributed by atoms with Crippen LogP contribution in [-0.4, -0.2) is 17.0 Å². The van der Waals surface area contributed by atoms with Gasteiger partial charge in [0.05, 0.1) is 0 Å². The van der Waals surface area contributed by atoms with Crippen molar-refractivity contribution in [3.05, 3.63) is 0 Å². The van der Waals surface area contributed by atoms with Gasteiger partial charge in [0.2, 0.25) is 0 Å². The van der Waals surface area contributed by atoms with Gasteiger partial charge in [-0.3, -0.25) is 10.1 Å². The molecule has 0 radical (unpaired) electrons. The third-order valence-corrected chi connectivity index (χ3v) is 1.15. The monoisotopic (exact) mass is 148 g/mol. The van der Waals surface area contributed by atoms with E-state index in [0.717, 1.165) is 11.8 Å². The highest BCUT2D eigenvalue weighted by Crippen LogP contribution is 1.97. The molecule has 0 aromatic carbocycles. The minimum Gasteiger partial charge on any atom is -0.351 e. The maximum absolute atomic E-state index is 10.4. The number of thioether (sulfide) groups is 1. The van der Waals surface area contributed by atoms with Crippen LogP contribution in [0.15, 0.2) is 0 Å². The lowest BCUT2D eigenvalue weighted by molar-refractivity contribution is 0.242. The maximum Gasteiger partial charge on any atom is 0.319 e. The lowest BCUT2D eigenvalue weighted by atomic mass is 11.0. The molecule has 0 atom stereocenters. The molecule has 3 N–H and O–H groups in total. The van der Waals surface area contributed by atoms with Crippen LogP contribution in [-0.2, 0) is 0 Å². The molecule has 0 saturated heterocycles. The van der Waals surface area contributed by atoms with Gasteiger partial charge in [0, 0.05) is 0 Å². The van der Waals surface area contributed by atoms with Gasteiger partial charge in [0.15, 0.2) is 0 Å². The van der Waals surface area contributed by atoms with Gasteiger partial charge in [0.25, 0.3) is 5.24 Å². The summed E-state index contributed by atoms with van der Waals surface area (Å²) in [5.74, 6) is 0.638. The third kappa shape index (κ3) is 5.16. The van der Waals surface area contributed by atoms with Crippen molar-refractivity contribution in [3.63, 3.8) is 0 Å². The molecule has 0 rings (SSSR count). The van der Waals surface area contributed by atoms with E-state index in [1.165, 1.54) is 0 Å². The molecule has 0 aromatic heterocycles. The summed E-state index contributed by atoms with van der Waals surface area (Å²) >= 11 is 1.01. The second kappa shape index (κ2) is 4.20. The summed E-state index contributed by atoms with van der Waals surface area (Å²) in [5.41, 5.74) is 4.64. The van der Waals surface area contributed by atoms with E-state index in [1.54, 1.807) is 0 Å². The topological polar surface area (TPSA) is 72.2 Å². The van der Waals surface area contributed by atoms with Crippen LogP contribution in [0.25, 0.3) is 0 Å². The Morgan fingerprint density at radius 1 is 1.67 bits per heavy atom. The molecule has 9 heavy (non-hydrogen) atoms. The van der Waals surface area contributed by atoms with Gasteiger partial charge in [-0.2, -0.15) is 0 Å². The van der Waals surface area contributed by atoms with Crippen molar-refractivity contribution in [1.82, 2.24) is 5.32 Å². The van der Waals surface area contributed by atoms with Crippen molar-refractivity contribution in [3.8, 4) is 0 Å². The Morgan fingerprint density at radius 2 is 2.22 bits per heavy atom. The number of rotatable bonds is 1. The summed E-state index contributed by atoms with van der Waals surface area (Å²) in [4.78, 5) is 20.4. The van der Waals surface area contributed by atoms with Crippen LogP contribution in [0.5, 0.6) is 0 Å². The van der Waals surface area contributed by atoms with Crippen LogP contribution >= 0.6 is 11.8 Å². The molecule has 52 valence electrons. The largest absolute Gasteiger partial charge is 0.351 e. The number of nitrogens with two attached hydrogens (primary N) is 1. The van der Waals surface area contributed by atoms with E-state index in [-0.39, 0.29) is 0 Å². The molecule has 0 unspecified atom stereocenters. The SMILES string of the molecule is CCSC(=O)NC(N)=O. The Bertz CT molecular complexity index is 126. The Labute approximate surface area is 57.2 Å². The molecule has 0 aliphatic heterocycles. The lowest BCUT2D eigenvalue weighted by Gasteiger charge is -1.94. The van der Waals surface area contributed by atoms with Crippen LogP contribution in [0.4, 0.5) is 9.59 Å². The van der Waals surface area contributed by atoms with Gasteiger partial charge in [-0.25, -0.2) is 4.79 Å². The predicted octanol–water partition coefficient (Wildman–Crippen LogP) is 0.528. The fourth-order valence-corrected chi connectivity index (χ4v) is 0.703. The number of urea groups is 1. The Morgan fingerprint density at radius 3 is 2.56 bits per heavy atom. The summed E-state index contributed by atoms with van der Waals surface area (Å²) in [6, 6.07) is -0.805. The fraction of sp³-hybridized carbons (Fsp3) is 0.500. The number of carbonyl (C=O) groups is 2. The van der Waals surface area contributed by atoms with Crippen molar-refractivity contribution >= 4 is 23.0 Å². The zero-order valence-electron chi connectivity index (χ0n) is 5.01. The summed E-state index contributed by atoms with van der Waals surface area (Å²) < 4.78 is 0. The Hall–Kier alpha value is -0.710. The van der Waals surface area contributed by atoms with Gasteiger partial charge < -0.3 is 5.73 Å². The van der Waals surface area contributed by atoms with Crippen LogP contribution in [0.3, 0.4) is 0 Å². The molecule has 0 aliphatic carbocycles. The molecular weight excluding hydrogens is 140 g/mol. The number of carbonyl (C=O) groups excluding carboxylic acids is 2. The number of hydrogen-bond donors (Lipinski definition) is 2. The minimum absolute atomic E-state index is 0.398. The summed E-state index contributed by atoms with van der Waals surface area (Å²) in [6.45, 7) is 1.81. The van der Waals surface area contributed by atoms with Gasteiger partial charge in [0.1, 0.15) is 0 Å². The zero-order valence-corrected chi connectivity index (χ0v) is 5.83. The fourth-order valence-electron chi connectivity index (χ4n) is 0.268. The highest BCUT2D eigenvalue weighted by molar-refractivity contribution is 8.13. The summed E-state index contributed by atoms with van der Waals surface area (Å²) in [5, 5.41) is 1.51. The maximum atomic E-state index is 10.4. The van der Waals surface area contributed by atoms with Gasteiger partial charge >= 0.3 is 6.03 Å². The number of imide groups is 1. The average Bonchev–Trinajstić information content (AvgIpc) is 1.63. The zero-order chi connectivity index (χ0) is 7.28. The first-order chi connectivity index (χ1) is 4.16. The van der Waals surface area contributed by atoms with E-state index in [4.69, 9.17) is 0 Å². The van der Waals surface area contributed by atoms with E-state index in [2.05, 4.69) is 5.73 Å². The van der Waals surface area contributed by atoms with Crippen molar-refractivity contribution in [2.45, 2.75) is 6.92 Å². The highest BCUT2D eigenvalue weighted by atomic mass is 32.2. The van der Waals surface area contributed by atoms with Crippen molar-refractivity contribution in [2.75, 3.05) is 5.75 Å². The summed E-state index contributed by atoms with van der Waals surface area (Å²) in [6.07, 6.45) is 0. The number of amides is 3. The third-order valence-electron chi connectivity index (χ3n) is 0.501. The van der Waals surface area contributed by atoms with E-state index in [0.29, 0.717) is 5.75 Å². The predicted molar refractivity (Wildman–Crippen MR) is 36.2 cm³/mol. The normalized spacial score (nSPS) is 8.56. The first kappa shape index (κ1) is 8.29. The minimum atomic E-state index is -0.805. The van der Waals surface area contributed by atoms with Gasteiger partial charge in [-0.15, -0.1) is 0 Å². The molecular formula is C4H8N2O2S. The van der Waals surface area contributed by atoms with Gasteiger partial charge in [-0.1, -0.05) is 18.7 Å². The number of nitrogens with one attached hydrogen (secondary N) is 1. The van der Waals surface area contributed by atoms with Crippen LogP contribution in [0.2, 0.25) is 0 Å². The number of hydrogen-bond acceptors (Lipinski definition) is 3. The Kier molecular flexibility index (Phi) is 3.87. The smallest absolute Gasteiger partial charge is 0.319 e. The molecule has 0 fully saturated rings. The quantitative estimate of drug-likeness (QED) is 0.569. The van der Waals surface area contributed by atoms with Crippen LogP contribution in [0, 0.1) is 0 Å². The van der Waals surface area contributed by atoms with E-state index in [1.807, 2.05) is 12.2 Å². The van der Waals surface area contributed by atoms with E-state index < -0.39 is 11.3 Å². The van der Waals surface area contributed by atoms with Crippen LogP contribution < -0.4 is 11.1 Å². The lowest BCUT2D eigenvalue weighted by Crippen LogP contribution is -2.32.